The fraction of sp³-hybridized carbons (Fsp3) is 0.500. The first-order valence-corrected chi connectivity index (χ1v) is 18.4. The standard InChI is InChI=1S/C30H36Cl2N2O5Si/c1-40(2,3)12-11-39-18-33-26-16-23(32)9-10-24(26)30(29(33)38)25(20-5-4-6-22(31)13-20)14-21(15-27(35)36)28(37)34(30)17-19-7-8-19/h4-6,9-10,13,16,19,21,25H,7-8,11-12,14-15,17-18H2,1-3H3,(H,35,36)/t21?,25-,30-/m1/s1. The van der Waals surface area contributed by atoms with Gasteiger partial charge in [0.05, 0.1) is 12.1 Å². The lowest BCUT2D eigenvalue weighted by Gasteiger charge is -2.51. The Balaban J connectivity index is 1.65. The quantitative estimate of drug-likeness (QED) is 0.252. The van der Waals surface area contributed by atoms with Crippen LogP contribution in [0.5, 0.6) is 0 Å². The van der Waals surface area contributed by atoms with Crippen molar-refractivity contribution in [1.82, 2.24) is 4.90 Å². The first-order chi connectivity index (χ1) is 18.9. The van der Waals surface area contributed by atoms with Crippen LogP contribution in [0.2, 0.25) is 35.7 Å². The van der Waals surface area contributed by atoms with Crippen molar-refractivity contribution < 1.29 is 24.2 Å². The van der Waals surface area contributed by atoms with Crippen molar-refractivity contribution in [2.75, 3.05) is 24.8 Å². The molecule has 0 aromatic heterocycles. The predicted molar refractivity (Wildman–Crippen MR) is 159 cm³/mol. The number of fused-ring (bicyclic) bond motifs is 2. The molecular formula is C30H36Cl2N2O5Si. The number of rotatable bonds is 10. The molecule has 214 valence electrons. The normalized spacial score (nSPS) is 24.6. The van der Waals surface area contributed by atoms with Gasteiger partial charge in [0.1, 0.15) is 6.73 Å². The minimum atomic E-state index is -1.36. The second-order valence-corrected chi connectivity index (χ2v) is 19.0. The maximum Gasteiger partial charge on any atom is 0.304 e. The Labute approximate surface area is 246 Å². The lowest BCUT2D eigenvalue weighted by Crippen LogP contribution is -2.64. The van der Waals surface area contributed by atoms with E-state index in [2.05, 4.69) is 19.6 Å². The second-order valence-electron chi connectivity index (χ2n) is 12.5. The number of carboxylic acid groups (broad SMARTS) is 1. The highest BCUT2D eigenvalue weighted by atomic mass is 35.5. The summed E-state index contributed by atoms with van der Waals surface area (Å²) >= 11 is 12.9. The third-order valence-corrected chi connectivity index (χ3v) is 10.5. The van der Waals surface area contributed by atoms with Crippen LogP contribution in [0.15, 0.2) is 42.5 Å². The fourth-order valence-electron chi connectivity index (χ4n) is 6.15. The zero-order valence-electron chi connectivity index (χ0n) is 23.2. The van der Waals surface area contributed by atoms with Crippen LogP contribution in [-0.4, -0.2) is 55.7 Å². The van der Waals surface area contributed by atoms with Gasteiger partial charge in [-0.2, -0.15) is 0 Å². The molecule has 40 heavy (non-hydrogen) atoms. The molecule has 5 rings (SSSR count). The maximum absolute atomic E-state index is 14.9. The average Bonchev–Trinajstić information content (AvgIpc) is 3.66. The van der Waals surface area contributed by atoms with Crippen molar-refractivity contribution >= 4 is 54.7 Å². The van der Waals surface area contributed by atoms with E-state index in [4.69, 9.17) is 27.9 Å². The summed E-state index contributed by atoms with van der Waals surface area (Å²) < 4.78 is 6.08. The summed E-state index contributed by atoms with van der Waals surface area (Å²) in [6, 6.07) is 13.7. The molecule has 7 nitrogen and oxygen atoms in total. The number of amides is 2. The molecule has 2 aliphatic heterocycles. The van der Waals surface area contributed by atoms with Crippen LogP contribution in [0, 0.1) is 11.8 Å². The Kier molecular flexibility index (Phi) is 8.09. The van der Waals surface area contributed by atoms with E-state index in [1.54, 1.807) is 28.0 Å². The van der Waals surface area contributed by atoms with E-state index < -0.39 is 31.4 Å². The first-order valence-electron chi connectivity index (χ1n) is 13.9. The third-order valence-electron chi connectivity index (χ3n) is 8.32. The highest BCUT2D eigenvalue weighted by Crippen LogP contribution is 2.58. The van der Waals surface area contributed by atoms with Crippen molar-refractivity contribution in [2.45, 2.75) is 62.8 Å². The molecule has 1 unspecified atom stereocenters. The zero-order valence-corrected chi connectivity index (χ0v) is 25.7. The molecule has 2 aromatic carbocycles. The minimum Gasteiger partial charge on any atom is -0.481 e. The van der Waals surface area contributed by atoms with Gasteiger partial charge in [-0.1, -0.05) is 61.0 Å². The Morgan fingerprint density at radius 1 is 1.10 bits per heavy atom. The van der Waals surface area contributed by atoms with Crippen molar-refractivity contribution in [3.63, 3.8) is 0 Å². The van der Waals surface area contributed by atoms with Crippen molar-refractivity contribution in [1.29, 1.82) is 0 Å². The highest BCUT2D eigenvalue weighted by molar-refractivity contribution is 6.76. The minimum absolute atomic E-state index is 0.0463. The predicted octanol–water partition coefficient (Wildman–Crippen LogP) is 6.36. The molecule has 1 saturated carbocycles. The van der Waals surface area contributed by atoms with Crippen LogP contribution < -0.4 is 4.90 Å². The smallest absolute Gasteiger partial charge is 0.304 e. The first kappa shape index (κ1) is 29.1. The Bertz CT molecular complexity index is 1330. The molecule has 3 atom stereocenters. The molecule has 2 heterocycles. The van der Waals surface area contributed by atoms with Crippen molar-refractivity contribution in [3.05, 3.63) is 63.6 Å². The van der Waals surface area contributed by atoms with Crippen LogP contribution in [0.3, 0.4) is 0 Å². The molecule has 1 saturated heterocycles. The van der Waals surface area contributed by atoms with Gasteiger partial charge in [0, 0.05) is 48.7 Å². The zero-order chi connectivity index (χ0) is 28.8. The molecule has 1 N–H and O–H groups in total. The SMILES string of the molecule is C[Si](C)(C)CCOCN1C(=O)[C@@]2(c3ccc(Cl)cc31)[C@@H](c1cccc(Cl)c1)CC(CC(=O)O)C(=O)N2CC1CC1. The van der Waals surface area contributed by atoms with Gasteiger partial charge in [-0.3, -0.25) is 19.3 Å². The number of nitrogens with zero attached hydrogens (tertiary/aromatic N) is 2. The molecule has 2 aromatic rings. The van der Waals surface area contributed by atoms with Gasteiger partial charge >= 0.3 is 5.97 Å². The van der Waals surface area contributed by atoms with Gasteiger partial charge in [0.25, 0.3) is 5.91 Å². The van der Waals surface area contributed by atoms with Gasteiger partial charge in [-0.15, -0.1) is 0 Å². The van der Waals surface area contributed by atoms with E-state index in [-0.39, 0.29) is 37.3 Å². The molecule has 3 aliphatic rings. The van der Waals surface area contributed by atoms with E-state index in [1.807, 2.05) is 24.3 Å². The number of carboxylic acids is 1. The number of anilines is 1. The van der Waals surface area contributed by atoms with E-state index in [9.17, 15) is 19.5 Å². The summed E-state index contributed by atoms with van der Waals surface area (Å²) in [5.74, 6) is -2.56. The van der Waals surface area contributed by atoms with E-state index in [1.165, 1.54) is 0 Å². The van der Waals surface area contributed by atoms with Gasteiger partial charge in [-0.25, -0.2) is 0 Å². The van der Waals surface area contributed by atoms with Gasteiger partial charge in [0.15, 0.2) is 5.54 Å². The molecular weight excluding hydrogens is 567 g/mol. The summed E-state index contributed by atoms with van der Waals surface area (Å²) in [5, 5.41) is 10.7. The Morgan fingerprint density at radius 2 is 1.82 bits per heavy atom. The van der Waals surface area contributed by atoms with Crippen molar-refractivity contribution in [2.24, 2.45) is 11.8 Å². The molecule has 1 aliphatic carbocycles. The number of likely N-dealkylation sites (tertiary alicyclic amines) is 1. The highest BCUT2D eigenvalue weighted by Gasteiger charge is 2.64. The lowest BCUT2D eigenvalue weighted by atomic mass is 9.66. The number of hydrogen-bond donors (Lipinski definition) is 1. The van der Waals surface area contributed by atoms with Crippen molar-refractivity contribution in [3.8, 4) is 0 Å². The summed E-state index contributed by atoms with van der Waals surface area (Å²) in [4.78, 5) is 44.2. The van der Waals surface area contributed by atoms with Gasteiger partial charge in [0.2, 0.25) is 5.91 Å². The largest absolute Gasteiger partial charge is 0.481 e. The number of carbonyl (C=O) groups is 3. The van der Waals surface area contributed by atoms with E-state index in [0.29, 0.717) is 34.4 Å². The van der Waals surface area contributed by atoms with Crippen LogP contribution in [-0.2, 0) is 24.7 Å². The maximum atomic E-state index is 14.9. The third kappa shape index (κ3) is 5.56. The number of aliphatic carboxylic acids is 1. The Hall–Kier alpha value is -2.39. The van der Waals surface area contributed by atoms with E-state index in [0.717, 1.165) is 24.4 Å². The Morgan fingerprint density at radius 3 is 2.48 bits per heavy atom. The molecule has 0 bridgehead atoms. The monoisotopic (exact) mass is 602 g/mol. The number of ether oxygens (including phenoxy) is 1. The number of carbonyl (C=O) groups excluding carboxylic acids is 2. The number of benzene rings is 2. The molecule has 2 amide bonds. The average molecular weight is 604 g/mol. The number of piperidine rings is 1. The lowest BCUT2D eigenvalue weighted by molar-refractivity contribution is -0.161. The number of halogens is 2. The van der Waals surface area contributed by atoms with Gasteiger partial charge in [-0.05, 0) is 61.1 Å². The molecule has 0 radical (unpaired) electrons. The second kappa shape index (κ2) is 11.1. The topological polar surface area (TPSA) is 87.1 Å². The molecule has 2 fully saturated rings. The fourth-order valence-corrected chi connectivity index (χ4v) is 7.28. The van der Waals surface area contributed by atoms with Crippen LogP contribution in [0.25, 0.3) is 0 Å². The summed E-state index contributed by atoms with van der Waals surface area (Å²) in [5.41, 5.74) is 0.764. The number of hydrogen-bond acceptors (Lipinski definition) is 4. The van der Waals surface area contributed by atoms with Gasteiger partial charge < -0.3 is 14.7 Å². The van der Waals surface area contributed by atoms with Crippen LogP contribution in [0.4, 0.5) is 5.69 Å². The summed E-state index contributed by atoms with van der Waals surface area (Å²) in [6.45, 7) is 7.79. The molecule has 10 heteroatoms. The summed E-state index contributed by atoms with van der Waals surface area (Å²) in [6.07, 6.45) is 1.86. The van der Waals surface area contributed by atoms with Crippen LogP contribution in [0.1, 0.15) is 42.7 Å². The van der Waals surface area contributed by atoms with E-state index >= 15 is 0 Å². The molecule has 1 spiro atoms. The summed E-state index contributed by atoms with van der Waals surface area (Å²) in [7, 11) is -1.35. The van der Waals surface area contributed by atoms with Crippen LogP contribution >= 0.6 is 23.2 Å².